The molecule has 0 aliphatic rings. The highest BCUT2D eigenvalue weighted by Crippen LogP contribution is 2.12. The van der Waals surface area contributed by atoms with Crippen LogP contribution in [0.4, 0.5) is 5.69 Å². The molecule has 0 atom stereocenters. The first-order valence-electron chi connectivity index (χ1n) is 7.26. The Kier molecular flexibility index (Phi) is 4.99. The van der Waals surface area contributed by atoms with E-state index in [0.717, 1.165) is 16.8 Å². The molecule has 3 nitrogen and oxygen atoms in total. The third-order valence-electron chi connectivity index (χ3n) is 3.53. The number of nitrogens with two attached hydrogens (primary N) is 1. The van der Waals surface area contributed by atoms with E-state index in [2.05, 4.69) is 0 Å². The van der Waals surface area contributed by atoms with Gasteiger partial charge in [0.1, 0.15) is 0 Å². The molecule has 110 valence electrons. The first-order valence-corrected chi connectivity index (χ1v) is 7.26. The highest BCUT2D eigenvalue weighted by Gasteiger charge is 2.12. The summed E-state index contributed by atoms with van der Waals surface area (Å²) in [6.07, 6.45) is 0.441. The van der Waals surface area contributed by atoms with Crippen molar-refractivity contribution in [3.05, 3.63) is 65.2 Å². The summed E-state index contributed by atoms with van der Waals surface area (Å²) in [6.45, 7) is 5.34. The van der Waals surface area contributed by atoms with Crippen LogP contribution in [0.5, 0.6) is 0 Å². The van der Waals surface area contributed by atoms with Crippen molar-refractivity contribution in [3.8, 4) is 0 Å². The second-order valence-electron chi connectivity index (χ2n) is 5.32. The zero-order chi connectivity index (χ0) is 15.2. The van der Waals surface area contributed by atoms with Gasteiger partial charge in [-0.25, -0.2) is 0 Å². The van der Waals surface area contributed by atoms with Crippen LogP contribution < -0.4 is 5.73 Å². The van der Waals surface area contributed by atoms with Crippen molar-refractivity contribution in [1.82, 2.24) is 4.90 Å². The van der Waals surface area contributed by atoms with E-state index in [-0.39, 0.29) is 5.91 Å². The Hall–Kier alpha value is -2.29. The lowest BCUT2D eigenvalue weighted by Gasteiger charge is -2.21. The van der Waals surface area contributed by atoms with Gasteiger partial charge in [-0.15, -0.1) is 0 Å². The maximum atomic E-state index is 12.4. The average Bonchev–Trinajstić information content (AvgIpc) is 2.47. The van der Waals surface area contributed by atoms with Crippen molar-refractivity contribution >= 4 is 11.6 Å². The number of carbonyl (C=O) groups is 1. The number of amides is 1. The molecule has 0 unspecified atom stereocenters. The summed E-state index contributed by atoms with van der Waals surface area (Å²) in [5.41, 5.74) is 9.84. The average molecular weight is 282 g/mol. The van der Waals surface area contributed by atoms with Gasteiger partial charge >= 0.3 is 0 Å². The Morgan fingerprint density at radius 3 is 2.43 bits per heavy atom. The predicted molar refractivity (Wildman–Crippen MR) is 86.8 cm³/mol. The zero-order valence-electron chi connectivity index (χ0n) is 12.7. The van der Waals surface area contributed by atoms with E-state index in [1.165, 1.54) is 5.56 Å². The molecule has 2 aromatic carbocycles. The van der Waals surface area contributed by atoms with E-state index in [1.807, 2.05) is 67.3 Å². The summed E-state index contributed by atoms with van der Waals surface area (Å²) in [7, 11) is 0. The Balaban J connectivity index is 2.03. The number of benzene rings is 2. The molecule has 0 radical (unpaired) electrons. The van der Waals surface area contributed by atoms with Crippen molar-refractivity contribution < 1.29 is 4.79 Å². The maximum Gasteiger partial charge on any atom is 0.227 e. The molecule has 21 heavy (non-hydrogen) atoms. The molecule has 2 rings (SSSR count). The summed E-state index contributed by atoms with van der Waals surface area (Å²) in [4.78, 5) is 14.3. The van der Waals surface area contributed by atoms with Crippen molar-refractivity contribution in [1.29, 1.82) is 0 Å². The molecule has 0 heterocycles. The van der Waals surface area contributed by atoms with Crippen molar-refractivity contribution in [2.45, 2.75) is 26.8 Å². The van der Waals surface area contributed by atoms with Crippen LogP contribution in [0.15, 0.2) is 48.5 Å². The van der Waals surface area contributed by atoms with E-state index in [4.69, 9.17) is 5.73 Å². The number of carbonyl (C=O) groups excluding carboxylic acids is 1. The third kappa shape index (κ3) is 4.35. The number of hydrogen-bond acceptors (Lipinski definition) is 2. The number of likely N-dealkylation sites (N-methyl/N-ethyl adjacent to an activating group) is 1. The third-order valence-corrected chi connectivity index (χ3v) is 3.53. The largest absolute Gasteiger partial charge is 0.399 e. The molecule has 0 fully saturated rings. The topological polar surface area (TPSA) is 46.3 Å². The lowest BCUT2D eigenvalue weighted by molar-refractivity contribution is -0.130. The Morgan fingerprint density at radius 1 is 1.10 bits per heavy atom. The van der Waals surface area contributed by atoms with Crippen LogP contribution in [0, 0.1) is 6.92 Å². The first-order chi connectivity index (χ1) is 10.1. The van der Waals surface area contributed by atoms with Gasteiger partial charge in [-0.3, -0.25) is 4.79 Å². The van der Waals surface area contributed by atoms with Crippen LogP contribution in [0.3, 0.4) is 0 Å². The molecule has 0 aliphatic heterocycles. The van der Waals surface area contributed by atoms with Crippen LogP contribution in [0.25, 0.3) is 0 Å². The number of aryl methyl sites for hydroxylation is 1. The van der Waals surface area contributed by atoms with Crippen LogP contribution in [0.2, 0.25) is 0 Å². The molecule has 0 aliphatic carbocycles. The van der Waals surface area contributed by atoms with Crippen LogP contribution in [-0.4, -0.2) is 17.4 Å². The highest BCUT2D eigenvalue weighted by molar-refractivity contribution is 5.78. The normalized spacial score (nSPS) is 10.4. The van der Waals surface area contributed by atoms with Gasteiger partial charge in [0.2, 0.25) is 5.91 Å². The van der Waals surface area contributed by atoms with E-state index in [9.17, 15) is 4.79 Å². The molecule has 0 saturated heterocycles. The van der Waals surface area contributed by atoms with Gasteiger partial charge in [0.05, 0.1) is 6.42 Å². The minimum absolute atomic E-state index is 0.142. The molecule has 2 aromatic rings. The van der Waals surface area contributed by atoms with Crippen LogP contribution in [-0.2, 0) is 17.8 Å². The van der Waals surface area contributed by atoms with Gasteiger partial charge in [-0.1, -0.05) is 42.0 Å². The van der Waals surface area contributed by atoms with E-state index in [0.29, 0.717) is 19.5 Å². The van der Waals surface area contributed by atoms with Gasteiger partial charge in [0.15, 0.2) is 0 Å². The van der Waals surface area contributed by atoms with Gasteiger partial charge in [0.25, 0.3) is 0 Å². The Bertz CT molecular complexity index is 605. The minimum Gasteiger partial charge on any atom is -0.399 e. The number of hydrogen-bond donors (Lipinski definition) is 1. The van der Waals surface area contributed by atoms with Crippen molar-refractivity contribution in [3.63, 3.8) is 0 Å². The molecule has 0 spiro atoms. The zero-order valence-corrected chi connectivity index (χ0v) is 12.7. The van der Waals surface area contributed by atoms with Gasteiger partial charge in [-0.2, -0.15) is 0 Å². The second-order valence-corrected chi connectivity index (χ2v) is 5.32. The van der Waals surface area contributed by atoms with Crippen molar-refractivity contribution in [2.75, 3.05) is 12.3 Å². The summed E-state index contributed by atoms with van der Waals surface area (Å²) >= 11 is 0. The highest BCUT2D eigenvalue weighted by atomic mass is 16.2. The van der Waals surface area contributed by atoms with Gasteiger partial charge in [0, 0.05) is 18.8 Å². The summed E-state index contributed by atoms with van der Waals surface area (Å²) in [6, 6.07) is 15.8. The fourth-order valence-electron chi connectivity index (χ4n) is 2.28. The monoisotopic (exact) mass is 282 g/mol. The molecule has 2 N–H and O–H groups in total. The standard InChI is InChI=1S/C18H22N2O/c1-3-20(13-16-5-4-6-17(19)11-16)18(21)12-15-9-7-14(2)8-10-15/h4-11H,3,12-13,19H2,1-2H3. The number of nitrogen functional groups attached to an aromatic ring is 1. The molecular weight excluding hydrogens is 260 g/mol. The Labute approximate surface area is 126 Å². The van der Waals surface area contributed by atoms with E-state index in [1.54, 1.807) is 0 Å². The van der Waals surface area contributed by atoms with E-state index < -0.39 is 0 Å². The molecule has 3 heteroatoms. The quantitative estimate of drug-likeness (QED) is 0.856. The molecule has 0 bridgehead atoms. The van der Waals surface area contributed by atoms with Gasteiger partial charge < -0.3 is 10.6 Å². The maximum absolute atomic E-state index is 12.4. The Morgan fingerprint density at radius 2 is 1.81 bits per heavy atom. The molecule has 0 aromatic heterocycles. The predicted octanol–water partition coefficient (Wildman–Crippen LogP) is 3.17. The molecule has 1 amide bonds. The fourth-order valence-corrected chi connectivity index (χ4v) is 2.28. The van der Waals surface area contributed by atoms with Crippen molar-refractivity contribution in [2.24, 2.45) is 0 Å². The molecule has 0 saturated carbocycles. The summed E-state index contributed by atoms with van der Waals surface area (Å²) in [5.74, 6) is 0.142. The summed E-state index contributed by atoms with van der Waals surface area (Å²) in [5, 5.41) is 0. The number of rotatable bonds is 5. The van der Waals surface area contributed by atoms with Gasteiger partial charge in [-0.05, 0) is 37.1 Å². The molecular formula is C18H22N2O. The first kappa shape index (κ1) is 15.1. The summed E-state index contributed by atoms with van der Waals surface area (Å²) < 4.78 is 0. The fraction of sp³-hybridized carbons (Fsp3) is 0.278. The number of anilines is 1. The smallest absolute Gasteiger partial charge is 0.227 e. The lowest BCUT2D eigenvalue weighted by atomic mass is 10.1. The lowest BCUT2D eigenvalue weighted by Crippen LogP contribution is -2.31. The van der Waals surface area contributed by atoms with Crippen LogP contribution in [0.1, 0.15) is 23.6 Å². The minimum atomic E-state index is 0.142. The second kappa shape index (κ2) is 6.93. The van der Waals surface area contributed by atoms with Crippen LogP contribution >= 0.6 is 0 Å². The SMILES string of the molecule is CCN(Cc1cccc(N)c1)C(=O)Cc1ccc(C)cc1. The van der Waals surface area contributed by atoms with E-state index >= 15 is 0 Å². The number of nitrogens with zero attached hydrogens (tertiary/aromatic N) is 1.